The maximum absolute atomic E-state index is 11.1. The molecule has 0 aromatic heterocycles. The monoisotopic (exact) mass is 269 g/mol. The van der Waals surface area contributed by atoms with Crippen molar-refractivity contribution in [2.75, 3.05) is 0 Å². The molecule has 0 radical (unpaired) electrons. The van der Waals surface area contributed by atoms with E-state index in [0.29, 0.717) is 6.04 Å². The van der Waals surface area contributed by atoms with Crippen molar-refractivity contribution in [3.8, 4) is 0 Å². The number of hydrogen-bond acceptors (Lipinski definition) is 3. The van der Waals surface area contributed by atoms with Crippen LogP contribution in [0.3, 0.4) is 0 Å². The average Bonchev–Trinajstić information content (AvgIpc) is 2.38. The van der Waals surface area contributed by atoms with E-state index in [1.54, 1.807) is 0 Å². The van der Waals surface area contributed by atoms with Gasteiger partial charge >= 0.3 is 5.97 Å². The lowest BCUT2D eigenvalue weighted by Gasteiger charge is -2.23. The summed E-state index contributed by atoms with van der Waals surface area (Å²) >= 11 is 0. The number of nitrogens with one attached hydrogen (secondary N) is 1. The first-order chi connectivity index (χ1) is 9.13. The van der Waals surface area contributed by atoms with Crippen LogP contribution in [0.25, 0.3) is 0 Å². The highest BCUT2D eigenvalue weighted by atomic mass is 16.6. The number of carbonyl (C=O) groups is 1. The van der Waals surface area contributed by atoms with Gasteiger partial charge in [0.1, 0.15) is 0 Å². The lowest BCUT2D eigenvalue weighted by molar-refractivity contribution is -0.144. The van der Waals surface area contributed by atoms with Crippen LogP contribution < -0.4 is 5.32 Å². The third-order valence-electron chi connectivity index (χ3n) is 3.24. The van der Waals surface area contributed by atoms with E-state index in [-0.39, 0.29) is 12.2 Å². The van der Waals surface area contributed by atoms with Crippen molar-refractivity contribution in [1.82, 2.24) is 5.32 Å². The number of esters is 1. The Morgan fingerprint density at radius 3 is 2.11 bits per heavy atom. The van der Waals surface area contributed by atoms with Gasteiger partial charge in [0, 0.05) is 12.1 Å². The van der Waals surface area contributed by atoms with E-state index in [1.165, 1.54) is 44.6 Å². The zero-order chi connectivity index (χ0) is 14.5. The largest absolute Gasteiger partial charge is 0.444 e. The second kappa shape index (κ2) is 12.2. The summed E-state index contributed by atoms with van der Waals surface area (Å²) in [7, 11) is 0. The maximum Gasteiger partial charge on any atom is 0.331 e. The Kier molecular flexibility index (Phi) is 11.7. The smallest absolute Gasteiger partial charge is 0.331 e. The van der Waals surface area contributed by atoms with Crippen molar-refractivity contribution >= 4 is 5.97 Å². The molecule has 0 aliphatic heterocycles. The van der Waals surface area contributed by atoms with Crippen LogP contribution in [0.1, 0.15) is 72.1 Å². The standard InChI is InChI=1S/C16H31NO2/c1-5-8-10-12-15(13-11-9-6-2)17-14(4)19-16(18)7-3/h7,14-15,17H,3,5-6,8-13H2,1-2,4H3. The van der Waals surface area contributed by atoms with Gasteiger partial charge in [-0.05, 0) is 19.8 Å². The Hall–Kier alpha value is -0.830. The van der Waals surface area contributed by atoms with Crippen LogP contribution in [0.2, 0.25) is 0 Å². The second-order valence-corrected chi connectivity index (χ2v) is 5.14. The maximum atomic E-state index is 11.1. The molecule has 0 aromatic rings. The van der Waals surface area contributed by atoms with Crippen molar-refractivity contribution in [3.05, 3.63) is 12.7 Å². The number of hydrogen-bond donors (Lipinski definition) is 1. The highest BCUT2D eigenvalue weighted by Gasteiger charge is 2.13. The Balaban J connectivity index is 4.06. The normalized spacial score (nSPS) is 12.4. The molecule has 1 atom stereocenters. The molecule has 112 valence electrons. The van der Waals surface area contributed by atoms with Gasteiger partial charge in [0.25, 0.3) is 0 Å². The van der Waals surface area contributed by atoms with Crippen LogP contribution in [0, 0.1) is 0 Å². The summed E-state index contributed by atoms with van der Waals surface area (Å²) < 4.78 is 5.17. The van der Waals surface area contributed by atoms with Gasteiger partial charge in [-0.3, -0.25) is 5.32 Å². The highest BCUT2D eigenvalue weighted by molar-refractivity contribution is 5.81. The molecule has 0 bridgehead atoms. The van der Waals surface area contributed by atoms with Gasteiger partial charge in [-0.25, -0.2) is 4.79 Å². The van der Waals surface area contributed by atoms with E-state index >= 15 is 0 Å². The molecular formula is C16H31NO2. The lowest BCUT2D eigenvalue weighted by Crippen LogP contribution is -2.39. The fourth-order valence-electron chi connectivity index (χ4n) is 2.18. The van der Waals surface area contributed by atoms with Crippen molar-refractivity contribution in [3.63, 3.8) is 0 Å². The molecule has 0 fully saturated rings. The Morgan fingerprint density at radius 2 is 1.68 bits per heavy atom. The van der Waals surface area contributed by atoms with Crippen molar-refractivity contribution in [2.45, 2.75) is 84.4 Å². The van der Waals surface area contributed by atoms with Gasteiger partial charge in [0.15, 0.2) is 6.23 Å². The summed E-state index contributed by atoms with van der Waals surface area (Å²) in [5.74, 6) is -0.360. The van der Waals surface area contributed by atoms with Crippen LogP contribution in [-0.4, -0.2) is 18.2 Å². The molecule has 1 N–H and O–H groups in total. The SMILES string of the molecule is C=CC(=O)OC(C)NC(CCCCC)CCCCC. The predicted octanol–water partition coefficient (Wildman–Crippen LogP) is 4.18. The van der Waals surface area contributed by atoms with Crippen molar-refractivity contribution < 1.29 is 9.53 Å². The number of ether oxygens (including phenoxy) is 1. The van der Waals surface area contributed by atoms with E-state index in [2.05, 4.69) is 25.7 Å². The second-order valence-electron chi connectivity index (χ2n) is 5.14. The fourth-order valence-corrected chi connectivity index (χ4v) is 2.18. The molecule has 0 saturated carbocycles. The molecule has 0 amide bonds. The highest BCUT2D eigenvalue weighted by Crippen LogP contribution is 2.12. The molecule has 0 rings (SSSR count). The molecule has 3 nitrogen and oxygen atoms in total. The summed E-state index contributed by atoms with van der Waals surface area (Å²) in [6, 6.07) is 0.450. The quantitative estimate of drug-likeness (QED) is 0.250. The van der Waals surface area contributed by atoms with Crippen LogP contribution in [0.15, 0.2) is 12.7 Å². The lowest BCUT2D eigenvalue weighted by atomic mass is 10.0. The van der Waals surface area contributed by atoms with Crippen LogP contribution in [0.4, 0.5) is 0 Å². The number of unbranched alkanes of at least 4 members (excludes halogenated alkanes) is 4. The molecule has 0 heterocycles. The summed E-state index contributed by atoms with van der Waals surface area (Å²) in [6.07, 6.45) is 10.8. The van der Waals surface area contributed by atoms with E-state index in [9.17, 15) is 4.79 Å². The minimum atomic E-state index is -0.360. The summed E-state index contributed by atoms with van der Waals surface area (Å²) in [4.78, 5) is 11.1. The van der Waals surface area contributed by atoms with Gasteiger partial charge in [0.2, 0.25) is 0 Å². The average molecular weight is 269 g/mol. The zero-order valence-electron chi connectivity index (χ0n) is 12.9. The molecule has 0 saturated heterocycles. The number of rotatable bonds is 12. The summed E-state index contributed by atoms with van der Waals surface area (Å²) in [5, 5.41) is 3.41. The minimum absolute atomic E-state index is 0.237. The third-order valence-corrected chi connectivity index (χ3v) is 3.24. The van der Waals surface area contributed by atoms with Crippen molar-refractivity contribution in [1.29, 1.82) is 0 Å². The van der Waals surface area contributed by atoms with Gasteiger partial charge in [-0.1, -0.05) is 59.0 Å². The zero-order valence-corrected chi connectivity index (χ0v) is 12.9. The van der Waals surface area contributed by atoms with Gasteiger partial charge in [-0.15, -0.1) is 0 Å². The Bertz CT molecular complexity index is 231. The first-order valence-corrected chi connectivity index (χ1v) is 7.73. The van der Waals surface area contributed by atoms with Gasteiger partial charge in [0.05, 0.1) is 0 Å². The Morgan fingerprint density at radius 1 is 1.16 bits per heavy atom. The molecule has 3 heteroatoms. The van der Waals surface area contributed by atoms with E-state index in [0.717, 1.165) is 12.8 Å². The molecule has 0 aliphatic rings. The summed E-state index contributed by atoms with van der Waals surface area (Å²) in [5.41, 5.74) is 0. The molecule has 0 aromatic carbocycles. The molecule has 19 heavy (non-hydrogen) atoms. The van der Waals surface area contributed by atoms with E-state index in [1.807, 2.05) is 6.92 Å². The minimum Gasteiger partial charge on any atom is -0.444 e. The summed E-state index contributed by atoms with van der Waals surface area (Å²) in [6.45, 7) is 9.73. The van der Waals surface area contributed by atoms with E-state index < -0.39 is 0 Å². The van der Waals surface area contributed by atoms with Crippen LogP contribution in [0.5, 0.6) is 0 Å². The van der Waals surface area contributed by atoms with Gasteiger partial charge < -0.3 is 4.74 Å². The molecular weight excluding hydrogens is 238 g/mol. The van der Waals surface area contributed by atoms with Crippen LogP contribution in [-0.2, 0) is 9.53 Å². The fraction of sp³-hybridized carbons (Fsp3) is 0.812. The molecule has 0 aliphatic carbocycles. The van der Waals surface area contributed by atoms with Crippen LogP contribution >= 0.6 is 0 Å². The first kappa shape index (κ1) is 18.2. The molecule has 1 unspecified atom stereocenters. The first-order valence-electron chi connectivity index (χ1n) is 7.73. The number of carbonyl (C=O) groups excluding carboxylic acids is 1. The predicted molar refractivity (Wildman–Crippen MR) is 81.0 cm³/mol. The van der Waals surface area contributed by atoms with Crippen molar-refractivity contribution in [2.24, 2.45) is 0 Å². The van der Waals surface area contributed by atoms with E-state index in [4.69, 9.17) is 4.74 Å². The Labute approximate surface area is 118 Å². The topological polar surface area (TPSA) is 38.3 Å². The molecule has 0 spiro atoms. The third kappa shape index (κ3) is 10.8. The van der Waals surface area contributed by atoms with Gasteiger partial charge in [-0.2, -0.15) is 0 Å².